The second kappa shape index (κ2) is 4.96. The van der Waals surface area contributed by atoms with E-state index in [4.69, 9.17) is 0 Å². The third-order valence-electron chi connectivity index (χ3n) is 3.81. The smallest absolute Gasteiger partial charge is 0.248 e. The molecule has 1 aliphatic carbocycles. The Morgan fingerprint density at radius 3 is 2.60 bits per heavy atom. The molecule has 20 heavy (non-hydrogen) atoms. The number of alkyl halides is 2. The maximum atomic E-state index is 13.2. The van der Waals surface area contributed by atoms with E-state index in [1.807, 2.05) is 31.2 Å². The molecule has 0 spiro atoms. The molecule has 106 valence electrons. The summed E-state index contributed by atoms with van der Waals surface area (Å²) in [5.41, 5.74) is 2.47. The van der Waals surface area contributed by atoms with Gasteiger partial charge in [0, 0.05) is 19.4 Å². The normalized spacial score (nSPS) is 21.2. The Balaban J connectivity index is 1.73. The van der Waals surface area contributed by atoms with Crippen LogP contribution in [0.5, 0.6) is 0 Å². The largest absolute Gasteiger partial charge is 0.368 e. The second-order valence-corrected chi connectivity index (χ2v) is 5.49. The monoisotopic (exact) mass is 277 g/mol. The van der Waals surface area contributed by atoms with Crippen molar-refractivity contribution in [3.63, 3.8) is 0 Å². The number of aryl methyl sites for hydroxylation is 1. The average molecular weight is 277 g/mol. The second-order valence-electron chi connectivity index (χ2n) is 5.49. The molecule has 1 fully saturated rings. The molecule has 0 bridgehead atoms. The van der Waals surface area contributed by atoms with Crippen LogP contribution in [0.2, 0.25) is 0 Å². The Bertz CT molecular complexity index is 628. The first-order valence-corrected chi connectivity index (χ1v) is 6.89. The quantitative estimate of drug-likeness (QED) is 0.927. The first kappa shape index (κ1) is 13.2. The van der Waals surface area contributed by atoms with Crippen LogP contribution < -0.4 is 5.32 Å². The molecule has 0 aliphatic heterocycles. The van der Waals surface area contributed by atoms with Crippen LogP contribution in [0.3, 0.4) is 0 Å². The standard InChI is InChI=1S/C15H17F2N3/c1-10-14(18-9-11-6-7-15(16,17)8-11)20-13-5-3-2-4-12(13)19-10/h2-5,11H,6-9H2,1H3,(H,18,20). The van der Waals surface area contributed by atoms with E-state index in [9.17, 15) is 8.78 Å². The van der Waals surface area contributed by atoms with E-state index in [2.05, 4.69) is 15.3 Å². The first-order valence-electron chi connectivity index (χ1n) is 6.89. The number of halogens is 2. The number of nitrogens with zero attached hydrogens (tertiary/aromatic N) is 2. The van der Waals surface area contributed by atoms with Crippen molar-refractivity contribution in [2.24, 2.45) is 5.92 Å². The predicted octanol–water partition coefficient (Wildman–Crippen LogP) is 3.79. The SMILES string of the molecule is Cc1nc2ccccc2nc1NCC1CCC(F)(F)C1. The molecule has 1 saturated carbocycles. The van der Waals surface area contributed by atoms with E-state index in [1.54, 1.807) is 0 Å². The van der Waals surface area contributed by atoms with Gasteiger partial charge in [0.05, 0.1) is 16.7 Å². The van der Waals surface area contributed by atoms with E-state index < -0.39 is 5.92 Å². The van der Waals surface area contributed by atoms with Crippen LogP contribution in [0.15, 0.2) is 24.3 Å². The topological polar surface area (TPSA) is 37.8 Å². The van der Waals surface area contributed by atoms with Crippen LogP contribution in [0.4, 0.5) is 14.6 Å². The number of hydrogen-bond acceptors (Lipinski definition) is 3. The third kappa shape index (κ3) is 2.71. The van der Waals surface area contributed by atoms with Gasteiger partial charge in [-0.25, -0.2) is 18.7 Å². The predicted molar refractivity (Wildman–Crippen MR) is 75.1 cm³/mol. The molecule has 0 saturated heterocycles. The number of rotatable bonds is 3. The molecule has 1 aromatic carbocycles. The van der Waals surface area contributed by atoms with E-state index in [1.165, 1.54) is 0 Å². The van der Waals surface area contributed by atoms with Gasteiger partial charge in [-0.15, -0.1) is 0 Å². The third-order valence-corrected chi connectivity index (χ3v) is 3.81. The molecule has 1 aliphatic rings. The van der Waals surface area contributed by atoms with Crippen LogP contribution in [-0.2, 0) is 0 Å². The molecule has 5 heteroatoms. The van der Waals surface area contributed by atoms with E-state index in [0.717, 1.165) is 16.7 Å². The van der Waals surface area contributed by atoms with Gasteiger partial charge in [-0.05, 0) is 31.4 Å². The van der Waals surface area contributed by atoms with Crippen LogP contribution in [0, 0.1) is 12.8 Å². The molecule has 3 nitrogen and oxygen atoms in total. The van der Waals surface area contributed by atoms with E-state index in [-0.39, 0.29) is 18.8 Å². The lowest BCUT2D eigenvalue weighted by Crippen LogP contribution is -2.16. The lowest BCUT2D eigenvalue weighted by atomic mass is 10.1. The summed E-state index contributed by atoms with van der Waals surface area (Å²) in [6.07, 6.45) is 0.543. The fourth-order valence-corrected chi connectivity index (χ4v) is 2.71. The number of anilines is 1. The molecule has 1 heterocycles. The maximum absolute atomic E-state index is 13.2. The summed E-state index contributed by atoms with van der Waals surface area (Å²) in [7, 11) is 0. The minimum absolute atomic E-state index is 0.00171. The summed E-state index contributed by atoms with van der Waals surface area (Å²) in [6, 6.07) is 7.64. The van der Waals surface area contributed by atoms with Gasteiger partial charge in [0.25, 0.3) is 0 Å². The highest BCUT2D eigenvalue weighted by Crippen LogP contribution is 2.38. The molecule has 3 rings (SSSR count). The molecule has 1 aromatic heterocycles. The molecule has 0 amide bonds. The number of para-hydroxylation sites is 2. The van der Waals surface area contributed by atoms with Gasteiger partial charge < -0.3 is 5.32 Å². The molecular weight excluding hydrogens is 260 g/mol. The number of aromatic nitrogens is 2. The van der Waals surface area contributed by atoms with Crippen LogP contribution in [0.1, 0.15) is 25.0 Å². The Hall–Kier alpha value is -1.78. The highest BCUT2D eigenvalue weighted by Gasteiger charge is 2.39. The minimum atomic E-state index is -2.49. The fraction of sp³-hybridized carbons (Fsp3) is 0.467. The molecule has 0 radical (unpaired) electrons. The highest BCUT2D eigenvalue weighted by atomic mass is 19.3. The Labute approximate surface area is 116 Å². The van der Waals surface area contributed by atoms with Crippen LogP contribution in [-0.4, -0.2) is 22.4 Å². The molecular formula is C15H17F2N3. The van der Waals surface area contributed by atoms with Crippen molar-refractivity contribution in [2.75, 3.05) is 11.9 Å². The number of benzene rings is 1. The van der Waals surface area contributed by atoms with E-state index >= 15 is 0 Å². The molecule has 2 aromatic rings. The maximum Gasteiger partial charge on any atom is 0.248 e. The van der Waals surface area contributed by atoms with Crippen molar-refractivity contribution in [1.82, 2.24) is 9.97 Å². The highest BCUT2D eigenvalue weighted by molar-refractivity contribution is 5.76. The number of fused-ring (bicyclic) bond motifs is 1. The zero-order valence-corrected chi connectivity index (χ0v) is 11.4. The zero-order valence-electron chi connectivity index (χ0n) is 11.4. The van der Waals surface area contributed by atoms with Gasteiger partial charge in [0.2, 0.25) is 5.92 Å². The van der Waals surface area contributed by atoms with Gasteiger partial charge in [-0.1, -0.05) is 12.1 Å². The minimum Gasteiger partial charge on any atom is -0.368 e. The zero-order chi connectivity index (χ0) is 14.2. The summed E-state index contributed by atoms with van der Waals surface area (Å²) in [6.45, 7) is 2.41. The lowest BCUT2D eigenvalue weighted by molar-refractivity contribution is 0.00556. The molecule has 1 atom stereocenters. The van der Waals surface area contributed by atoms with Gasteiger partial charge in [-0.2, -0.15) is 0 Å². The number of nitrogens with one attached hydrogen (secondary N) is 1. The molecule has 1 unspecified atom stereocenters. The van der Waals surface area contributed by atoms with Crippen molar-refractivity contribution < 1.29 is 8.78 Å². The Kier molecular flexibility index (Phi) is 3.28. The summed E-state index contributed by atoms with van der Waals surface area (Å²) >= 11 is 0. The van der Waals surface area contributed by atoms with Gasteiger partial charge in [0.15, 0.2) is 0 Å². The molecule has 1 N–H and O–H groups in total. The summed E-state index contributed by atoms with van der Waals surface area (Å²) in [5, 5.41) is 3.18. The summed E-state index contributed by atoms with van der Waals surface area (Å²) in [4.78, 5) is 8.99. The van der Waals surface area contributed by atoms with Crippen molar-refractivity contribution >= 4 is 16.9 Å². The van der Waals surface area contributed by atoms with Crippen LogP contribution in [0.25, 0.3) is 11.0 Å². The average Bonchev–Trinajstić information content (AvgIpc) is 2.76. The Morgan fingerprint density at radius 2 is 1.95 bits per heavy atom. The lowest BCUT2D eigenvalue weighted by Gasteiger charge is -2.14. The Morgan fingerprint density at radius 1 is 1.25 bits per heavy atom. The summed E-state index contributed by atoms with van der Waals surface area (Å²) < 4.78 is 26.3. The van der Waals surface area contributed by atoms with Crippen LogP contribution >= 0.6 is 0 Å². The van der Waals surface area contributed by atoms with Crippen molar-refractivity contribution in [1.29, 1.82) is 0 Å². The first-order chi connectivity index (χ1) is 9.53. The van der Waals surface area contributed by atoms with Crippen molar-refractivity contribution in [2.45, 2.75) is 32.1 Å². The van der Waals surface area contributed by atoms with E-state index in [0.29, 0.717) is 18.8 Å². The number of hydrogen-bond donors (Lipinski definition) is 1. The van der Waals surface area contributed by atoms with Crippen molar-refractivity contribution in [3.05, 3.63) is 30.0 Å². The van der Waals surface area contributed by atoms with Gasteiger partial charge >= 0.3 is 0 Å². The fourth-order valence-electron chi connectivity index (χ4n) is 2.71. The van der Waals surface area contributed by atoms with Crippen molar-refractivity contribution in [3.8, 4) is 0 Å². The summed E-state index contributed by atoms with van der Waals surface area (Å²) in [5.74, 6) is -1.78. The van der Waals surface area contributed by atoms with Gasteiger partial charge in [-0.3, -0.25) is 0 Å². The van der Waals surface area contributed by atoms with Gasteiger partial charge in [0.1, 0.15) is 5.82 Å².